The SMILES string of the molecule is CCOc1cc(/C=C2\NC(=O)N(Cc3ccc(C(=O)OC)o3)C2=O)c(Br)c(Cl)c1O[C@@H](C)C(=O)OC. The fourth-order valence-electron chi connectivity index (χ4n) is 3.17. The van der Waals surface area contributed by atoms with Crippen molar-refractivity contribution in [2.45, 2.75) is 26.5 Å². The van der Waals surface area contributed by atoms with E-state index in [4.69, 9.17) is 25.5 Å². The van der Waals surface area contributed by atoms with Gasteiger partial charge in [-0.2, -0.15) is 0 Å². The van der Waals surface area contributed by atoms with E-state index in [1.807, 2.05) is 0 Å². The summed E-state index contributed by atoms with van der Waals surface area (Å²) >= 11 is 9.86. The highest BCUT2D eigenvalue weighted by molar-refractivity contribution is 9.10. The number of amides is 3. The largest absolute Gasteiger partial charge is 0.490 e. The zero-order chi connectivity index (χ0) is 26.6. The number of carbonyl (C=O) groups is 4. The van der Waals surface area contributed by atoms with E-state index in [-0.39, 0.29) is 46.9 Å². The molecule has 1 aromatic heterocycles. The highest BCUT2D eigenvalue weighted by atomic mass is 79.9. The minimum Gasteiger partial charge on any atom is -0.490 e. The normalized spacial score (nSPS) is 15.1. The van der Waals surface area contributed by atoms with Crippen LogP contribution in [0.25, 0.3) is 6.08 Å². The van der Waals surface area contributed by atoms with E-state index in [2.05, 4.69) is 30.7 Å². The molecule has 13 heteroatoms. The Bertz CT molecular complexity index is 1240. The van der Waals surface area contributed by atoms with Crippen LogP contribution in [0.1, 0.15) is 35.7 Å². The average molecular weight is 586 g/mol. The lowest BCUT2D eigenvalue weighted by Crippen LogP contribution is -2.30. The van der Waals surface area contributed by atoms with Crippen LogP contribution in [0.4, 0.5) is 4.79 Å². The lowest BCUT2D eigenvalue weighted by Gasteiger charge is -2.19. The van der Waals surface area contributed by atoms with Crippen LogP contribution < -0.4 is 14.8 Å². The Morgan fingerprint density at radius 1 is 1.25 bits per heavy atom. The summed E-state index contributed by atoms with van der Waals surface area (Å²) in [6, 6.07) is 3.72. The second kappa shape index (κ2) is 11.5. The lowest BCUT2D eigenvalue weighted by atomic mass is 10.1. The number of halogens is 2. The summed E-state index contributed by atoms with van der Waals surface area (Å²) in [5.74, 6) is -1.44. The molecule has 1 saturated heterocycles. The van der Waals surface area contributed by atoms with Crippen LogP contribution in [0, 0.1) is 0 Å². The van der Waals surface area contributed by atoms with Crippen molar-refractivity contribution in [2.75, 3.05) is 20.8 Å². The number of benzene rings is 1. The van der Waals surface area contributed by atoms with E-state index in [1.165, 1.54) is 39.4 Å². The van der Waals surface area contributed by atoms with Crippen LogP contribution >= 0.6 is 27.5 Å². The Kier molecular flexibility index (Phi) is 8.64. The van der Waals surface area contributed by atoms with Crippen molar-refractivity contribution in [3.63, 3.8) is 0 Å². The van der Waals surface area contributed by atoms with Crippen molar-refractivity contribution in [3.05, 3.63) is 50.5 Å². The van der Waals surface area contributed by atoms with Gasteiger partial charge < -0.3 is 28.7 Å². The van der Waals surface area contributed by atoms with Crippen LogP contribution in [0.5, 0.6) is 11.5 Å². The molecule has 2 aromatic rings. The van der Waals surface area contributed by atoms with Gasteiger partial charge in [0.25, 0.3) is 5.91 Å². The number of urea groups is 1. The summed E-state index contributed by atoms with van der Waals surface area (Å²) in [6.45, 7) is 3.30. The third kappa shape index (κ3) is 5.65. The number of imide groups is 1. The van der Waals surface area contributed by atoms with Crippen molar-refractivity contribution in [1.29, 1.82) is 0 Å². The van der Waals surface area contributed by atoms with E-state index in [1.54, 1.807) is 13.0 Å². The Hall–Kier alpha value is -3.51. The Balaban J connectivity index is 1.89. The summed E-state index contributed by atoms with van der Waals surface area (Å²) in [5.41, 5.74) is 0.369. The molecule has 36 heavy (non-hydrogen) atoms. The van der Waals surface area contributed by atoms with Gasteiger partial charge in [-0.25, -0.2) is 14.4 Å². The summed E-state index contributed by atoms with van der Waals surface area (Å²) in [6.07, 6.45) is 0.446. The number of hydrogen-bond acceptors (Lipinski definition) is 9. The second-order valence-electron chi connectivity index (χ2n) is 7.27. The average Bonchev–Trinajstić information content (AvgIpc) is 3.44. The van der Waals surface area contributed by atoms with Gasteiger partial charge in [-0.3, -0.25) is 9.69 Å². The Labute approximate surface area is 219 Å². The molecule has 1 fully saturated rings. The number of nitrogens with zero attached hydrogens (tertiary/aromatic N) is 1. The predicted octanol–water partition coefficient (Wildman–Crippen LogP) is 3.91. The van der Waals surface area contributed by atoms with Crippen LogP contribution in [0.2, 0.25) is 5.02 Å². The van der Waals surface area contributed by atoms with Crippen molar-refractivity contribution in [3.8, 4) is 11.5 Å². The maximum atomic E-state index is 12.9. The topological polar surface area (TPSA) is 134 Å². The Morgan fingerprint density at radius 2 is 1.97 bits per heavy atom. The first-order valence-corrected chi connectivity index (χ1v) is 11.7. The molecule has 1 aliphatic heterocycles. The van der Waals surface area contributed by atoms with E-state index in [9.17, 15) is 19.2 Å². The molecule has 2 heterocycles. The second-order valence-corrected chi connectivity index (χ2v) is 8.45. The highest BCUT2D eigenvalue weighted by Gasteiger charge is 2.35. The molecular weight excluding hydrogens is 564 g/mol. The van der Waals surface area contributed by atoms with Crippen molar-refractivity contribution >= 4 is 57.5 Å². The van der Waals surface area contributed by atoms with Gasteiger partial charge >= 0.3 is 18.0 Å². The van der Waals surface area contributed by atoms with Crippen LogP contribution in [-0.4, -0.2) is 55.7 Å². The van der Waals surface area contributed by atoms with Crippen LogP contribution in [-0.2, 0) is 25.6 Å². The zero-order valence-corrected chi connectivity index (χ0v) is 22.0. The molecule has 0 aliphatic carbocycles. The maximum absolute atomic E-state index is 12.9. The van der Waals surface area contributed by atoms with E-state index >= 15 is 0 Å². The standard InChI is InChI=1S/C23H22BrClN2O9/c1-5-34-16-9-12(17(24)18(25)19(16)35-11(2)21(29)32-3)8-14-20(28)27(23(31)26-14)10-13-6-7-15(36-13)22(30)33-4/h6-9,11H,5,10H2,1-4H3,(H,26,31)/b14-8-/t11-/m0/s1. The number of nitrogens with one attached hydrogen (secondary N) is 1. The molecule has 1 aliphatic rings. The molecular formula is C23H22BrClN2O9. The molecule has 0 saturated carbocycles. The third-order valence-corrected chi connectivity index (χ3v) is 6.35. The number of methoxy groups -OCH3 is 2. The van der Waals surface area contributed by atoms with Gasteiger partial charge in [0.1, 0.15) is 16.5 Å². The van der Waals surface area contributed by atoms with Gasteiger partial charge in [0.15, 0.2) is 17.6 Å². The molecule has 1 atom stereocenters. The number of furan rings is 1. The molecule has 0 spiro atoms. The van der Waals surface area contributed by atoms with Gasteiger partial charge in [0.05, 0.1) is 27.4 Å². The quantitative estimate of drug-likeness (QED) is 0.264. The number of carbonyl (C=O) groups excluding carboxylic acids is 4. The predicted molar refractivity (Wildman–Crippen MR) is 130 cm³/mol. The van der Waals surface area contributed by atoms with Crippen molar-refractivity contribution < 1.29 is 42.5 Å². The number of rotatable bonds is 9. The summed E-state index contributed by atoms with van der Waals surface area (Å²) in [4.78, 5) is 49.7. The molecule has 0 unspecified atom stereocenters. The maximum Gasteiger partial charge on any atom is 0.373 e. The molecule has 11 nitrogen and oxygen atoms in total. The minimum absolute atomic E-state index is 0.0319. The lowest BCUT2D eigenvalue weighted by molar-refractivity contribution is -0.148. The highest BCUT2D eigenvalue weighted by Crippen LogP contribution is 2.44. The first-order chi connectivity index (χ1) is 17.1. The first kappa shape index (κ1) is 27.1. The van der Waals surface area contributed by atoms with Gasteiger partial charge in [-0.1, -0.05) is 11.6 Å². The van der Waals surface area contributed by atoms with Gasteiger partial charge in [-0.15, -0.1) is 0 Å². The van der Waals surface area contributed by atoms with Gasteiger partial charge in [-0.05, 0) is 59.6 Å². The fraction of sp³-hybridized carbons (Fsp3) is 0.304. The van der Waals surface area contributed by atoms with E-state index in [0.29, 0.717) is 10.0 Å². The molecule has 192 valence electrons. The number of esters is 2. The molecule has 3 amide bonds. The van der Waals surface area contributed by atoms with Gasteiger partial charge in [0, 0.05) is 4.47 Å². The van der Waals surface area contributed by atoms with Crippen molar-refractivity contribution in [1.82, 2.24) is 10.2 Å². The summed E-state index contributed by atoms with van der Waals surface area (Å²) in [5, 5.41) is 2.59. The number of hydrogen-bond donors (Lipinski definition) is 1. The number of ether oxygens (including phenoxy) is 4. The van der Waals surface area contributed by atoms with Crippen molar-refractivity contribution in [2.24, 2.45) is 0 Å². The van der Waals surface area contributed by atoms with E-state index < -0.39 is 30.0 Å². The fourth-order valence-corrected chi connectivity index (χ4v) is 3.83. The van der Waals surface area contributed by atoms with E-state index in [0.717, 1.165) is 4.90 Å². The smallest absolute Gasteiger partial charge is 0.373 e. The van der Waals surface area contributed by atoms with Gasteiger partial charge in [0.2, 0.25) is 5.76 Å². The minimum atomic E-state index is -0.964. The molecule has 1 N–H and O–H groups in total. The van der Waals surface area contributed by atoms with Crippen LogP contribution in [0.15, 0.2) is 32.8 Å². The monoisotopic (exact) mass is 584 g/mol. The molecule has 0 bridgehead atoms. The third-order valence-electron chi connectivity index (χ3n) is 4.91. The molecule has 3 rings (SSSR count). The molecule has 1 aromatic carbocycles. The Morgan fingerprint density at radius 3 is 2.61 bits per heavy atom. The van der Waals surface area contributed by atoms with Crippen LogP contribution in [0.3, 0.4) is 0 Å². The zero-order valence-electron chi connectivity index (χ0n) is 19.7. The summed E-state index contributed by atoms with van der Waals surface area (Å²) < 4.78 is 26.2. The first-order valence-electron chi connectivity index (χ1n) is 10.5. The summed E-state index contributed by atoms with van der Waals surface area (Å²) in [7, 11) is 2.44. The molecule has 0 radical (unpaired) electrons.